The zero-order chi connectivity index (χ0) is 12.1. The number of carbonyl (C=O) groups is 2. The van der Waals surface area contributed by atoms with Crippen LogP contribution in [0.15, 0.2) is 18.6 Å². The van der Waals surface area contributed by atoms with Crippen molar-refractivity contribution in [1.82, 2.24) is 15.3 Å². The van der Waals surface area contributed by atoms with E-state index in [4.69, 9.17) is 5.11 Å². The van der Waals surface area contributed by atoms with Crippen LogP contribution in [0.25, 0.3) is 0 Å². The van der Waals surface area contributed by atoms with Crippen LogP contribution in [-0.2, 0) is 4.79 Å². The van der Waals surface area contributed by atoms with Crippen molar-refractivity contribution in [2.45, 2.75) is 19.9 Å². The maximum absolute atomic E-state index is 11.6. The first-order valence-electron chi connectivity index (χ1n) is 4.82. The number of nitrogens with zero attached hydrogens (tertiary/aromatic N) is 2. The summed E-state index contributed by atoms with van der Waals surface area (Å²) in [5.74, 6) is -1.76. The van der Waals surface area contributed by atoms with Crippen molar-refractivity contribution in [3.63, 3.8) is 0 Å². The zero-order valence-electron chi connectivity index (χ0n) is 9.04. The Morgan fingerprint density at radius 1 is 1.44 bits per heavy atom. The van der Waals surface area contributed by atoms with Crippen LogP contribution in [0.2, 0.25) is 0 Å². The second kappa shape index (κ2) is 5.20. The molecule has 1 atom stereocenters. The summed E-state index contributed by atoms with van der Waals surface area (Å²) in [4.78, 5) is 29.9. The molecular formula is C10H13N3O3. The third kappa shape index (κ3) is 3.01. The molecule has 0 saturated carbocycles. The molecule has 0 bridgehead atoms. The van der Waals surface area contributed by atoms with Crippen LogP contribution >= 0.6 is 0 Å². The SMILES string of the molecule is CC(C)[C@H](NC(=O)c1ccncn1)C(=O)O. The summed E-state index contributed by atoms with van der Waals surface area (Å²) in [6.07, 6.45) is 2.66. The molecule has 1 aromatic heterocycles. The molecule has 0 radical (unpaired) electrons. The molecule has 1 amide bonds. The molecule has 1 heterocycles. The molecule has 0 aliphatic rings. The fraction of sp³-hybridized carbons (Fsp3) is 0.400. The molecular weight excluding hydrogens is 210 g/mol. The van der Waals surface area contributed by atoms with Gasteiger partial charge in [-0.2, -0.15) is 0 Å². The molecule has 86 valence electrons. The topological polar surface area (TPSA) is 92.2 Å². The van der Waals surface area contributed by atoms with E-state index in [1.165, 1.54) is 18.6 Å². The number of aromatic nitrogens is 2. The van der Waals surface area contributed by atoms with Gasteiger partial charge in [0.05, 0.1) is 0 Å². The van der Waals surface area contributed by atoms with E-state index >= 15 is 0 Å². The van der Waals surface area contributed by atoms with Gasteiger partial charge in [-0.1, -0.05) is 13.8 Å². The minimum Gasteiger partial charge on any atom is -0.480 e. The summed E-state index contributed by atoms with van der Waals surface area (Å²) in [7, 11) is 0. The molecule has 6 nitrogen and oxygen atoms in total. The Morgan fingerprint density at radius 2 is 2.12 bits per heavy atom. The molecule has 1 rings (SSSR count). The summed E-state index contributed by atoms with van der Waals surface area (Å²) in [6, 6.07) is 0.511. The monoisotopic (exact) mass is 223 g/mol. The highest BCUT2D eigenvalue weighted by molar-refractivity contribution is 5.94. The molecule has 0 spiro atoms. The maximum atomic E-state index is 11.6. The number of hydrogen-bond donors (Lipinski definition) is 2. The lowest BCUT2D eigenvalue weighted by atomic mass is 10.0. The van der Waals surface area contributed by atoms with Crippen molar-refractivity contribution in [3.8, 4) is 0 Å². The van der Waals surface area contributed by atoms with E-state index in [2.05, 4.69) is 15.3 Å². The predicted molar refractivity (Wildman–Crippen MR) is 55.8 cm³/mol. The second-order valence-electron chi connectivity index (χ2n) is 3.63. The first-order chi connectivity index (χ1) is 7.52. The molecule has 0 aliphatic heterocycles. The van der Waals surface area contributed by atoms with Gasteiger partial charge < -0.3 is 10.4 Å². The number of carboxylic acid groups (broad SMARTS) is 1. The lowest BCUT2D eigenvalue weighted by Gasteiger charge is -2.17. The van der Waals surface area contributed by atoms with E-state index in [0.717, 1.165) is 0 Å². The predicted octanol–water partition coefficient (Wildman–Crippen LogP) is 0.316. The van der Waals surface area contributed by atoms with Crippen LogP contribution in [0.3, 0.4) is 0 Å². The van der Waals surface area contributed by atoms with E-state index < -0.39 is 17.9 Å². The Hall–Kier alpha value is -1.98. The average molecular weight is 223 g/mol. The van der Waals surface area contributed by atoms with Crippen molar-refractivity contribution < 1.29 is 14.7 Å². The van der Waals surface area contributed by atoms with Crippen LogP contribution in [0.5, 0.6) is 0 Å². The number of aliphatic carboxylic acids is 1. The van der Waals surface area contributed by atoms with Crippen molar-refractivity contribution in [2.24, 2.45) is 5.92 Å². The lowest BCUT2D eigenvalue weighted by Crippen LogP contribution is -2.44. The normalized spacial score (nSPS) is 12.2. The van der Waals surface area contributed by atoms with Crippen molar-refractivity contribution >= 4 is 11.9 Å². The lowest BCUT2D eigenvalue weighted by molar-refractivity contribution is -0.140. The number of nitrogens with one attached hydrogen (secondary N) is 1. The summed E-state index contributed by atoms with van der Waals surface area (Å²) >= 11 is 0. The van der Waals surface area contributed by atoms with Gasteiger partial charge in [0.25, 0.3) is 5.91 Å². The Bertz CT molecular complexity index is 378. The van der Waals surface area contributed by atoms with Gasteiger partial charge in [0.15, 0.2) is 0 Å². The maximum Gasteiger partial charge on any atom is 0.326 e. The Balaban J connectivity index is 2.74. The minimum absolute atomic E-state index is 0.155. The summed E-state index contributed by atoms with van der Waals surface area (Å²) in [6.45, 7) is 3.44. The molecule has 0 unspecified atom stereocenters. The number of amides is 1. The van der Waals surface area contributed by atoms with E-state index in [-0.39, 0.29) is 11.6 Å². The van der Waals surface area contributed by atoms with Gasteiger partial charge in [0.1, 0.15) is 18.1 Å². The summed E-state index contributed by atoms with van der Waals surface area (Å²) < 4.78 is 0. The number of carboxylic acids is 1. The standard InChI is InChI=1S/C10H13N3O3/c1-6(2)8(10(15)16)13-9(14)7-3-4-11-5-12-7/h3-6,8H,1-2H3,(H,13,14)(H,15,16)/t8-/m0/s1. The second-order valence-corrected chi connectivity index (χ2v) is 3.63. The number of rotatable bonds is 4. The van der Waals surface area contributed by atoms with Gasteiger partial charge in [-0.3, -0.25) is 4.79 Å². The molecule has 0 fully saturated rings. The highest BCUT2D eigenvalue weighted by atomic mass is 16.4. The summed E-state index contributed by atoms with van der Waals surface area (Å²) in [5.41, 5.74) is 0.155. The quantitative estimate of drug-likeness (QED) is 0.766. The van der Waals surface area contributed by atoms with Crippen LogP contribution in [0.4, 0.5) is 0 Å². The molecule has 0 aliphatic carbocycles. The van der Waals surface area contributed by atoms with Crippen LogP contribution < -0.4 is 5.32 Å². The smallest absolute Gasteiger partial charge is 0.326 e. The van der Waals surface area contributed by atoms with Gasteiger partial charge in [-0.15, -0.1) is 0 Å². The third-order valence-electron chi connectivity index (χ3n) is 2.03. The first kappa shape index (κ1) is 12.1. The molecule has 0 saturated heterocycles. The van der Waals surface area contributed by atoms with Crippen molar-refractivity contribution in [1.29, 1.82) is 0 Å². The highest BCUT2D eigenvalue weighted by Gasteiger charge is 2.24. The first-order valence-corrected chi connectivity index (χ1v) is 4.82. The number of hydrogen-bond acceptors (Lipinski definition) is 4. The Labute approximate surface area is 92.7 Å². The van der Waals surface area contributed by atoms with Crippen LogP contribution in [0.1, 0.15) is 24.3 Å². The third-order valence-corrected chi connectivity index (χ3v) is 2.03. The van der Waals surface area contributed by atoms with Gasteiger partial charge >= 0.3 is 5.97 Å². The van der Waals surface area contributed by atoms with Crippen LogP contribution in [-0.4, -0.2) is 33.0 Å². The molecule has 0 aromatic carbocycles. The molecule has 16 heavy (non-hydrogen) atoms. The van der Waals surface area contributed by atoms with Gasteiger partial charge in [0, 0.05) is 6.20 Å². The fourth-order valence-electron chi connectivity index (χ4n) is 1.15. The highest BCUT2D eigenvalue weighted by Crippen LogP contribution is 2.03. The van der Waals surface area contributed by atoms with Crippen molar-refractivity contribution in [3.05, 3.63) is 24.3 Å². The average Bonchev–Trinajstić information content (AvgIpc) is 2.25. The fourth-order valence-corrected chi connectivity index (χ4v) is 1.15. The Morgan fingerprint density at radius 3 is 2.56 bits per heavy atom. The Kier molecular flexibility index (Phi) is 3.93. The number of carbonyl (C=O) groups excluding carboxylic acids is 1. The van der Waals surface area contributed by atoms with Gasteiger partial charge in [-0.25, -0.2) is 14.8 Å². The largest absolute Gasteiger partial charge is 0.480 e. The molecule has 1 aromatic rings. The zero-order valence-corrected chi connectivity index (χ0v) is 9.04. The molecule has 2 N–H and O–H groups in total. The summed E-state index contributed by atoms with van der Waals surface area (Å²) in [5, 5.41) is 11.3. The van der Waals surface area contributed by atoms with E-state index in [1.807, 2.05) is 0 Å². The van der Waals surface area contributed by atoms with Crippen LogP contribution in [0, 0.1) is 5.92 Å². The van der Waals surface area contributed by atoms with E-state index in [9.17, 15) is 9.59 Å². The van der Waals surface area contributed by atoms with Gasteiger partial charge in [0.2, 0.25) is 0 Å². The molecule has 6 heteroatoms. The van der Waals surface area contributed by atoms with E-state index in [1.54, 1.807) is 13.8 Å². The minimum atomic E-state index is -1.06. The van der Waals surface area contributed by atoms with E-state index in [0.29, 0.717) is 0 Å². The van der Waals surface area contributed by atoms with Gasteiger partial charge in [-0.05, 0) is 12.0 Å². The van der Waals surface area contributed by atoms with Crippen molar-refractivity contribution in [2.75, 3.05) is 0 Å².